The highest BCUT2D eigenvalue weighted by atomic mass is 35.5. The average Bonchev–Trinajstić information content (AvgIpc) is 2.46. The lowest BCUT2D eigenvalue weighted by atomic mass is 9.87. The van der Waals surface area contributed by atoms with Gasteiger partial charge in [-0.3, -0.25) is 0 Å². The summed E-state index contributed by atoms with van der Waals surface area (Å²) < 4.78 is 10.3. The first-order chi connectivity index (χ1) is 10.3. The molecule has 1 heterocycles. The number of aromatic nitrogens is 1. The Morgan fingerprint density at radius 2 is 1.91 bits per heavy atom. The fraction of sp³-hybridized carbons (Fsp3) is 0.294. The summed E-state index contributed by atoms with van der Waals surface area (Å²) in [5.41, 5.74) is 1.39. The molecular weight excluding hydrogens is 302 g/mol. The molecule has 2 rings (SSSR count). The first-order valence-corrected chi connectivity index (χ1v) is 7.22. The van der Waals surface area contributed by atoms with E-state index in [-0.39, 0.29) is 16.1 Å². The molecule has 0 unspecified atom stereocenters. The van der Waals surface area contributed by atoms with E-state index < -0.39 is 5.97 Å². The van der Waals surface area contributed by atoms with Crippen LogP contribution in [0.15, 0.2) is 36.4 Å². The van der Waals surface area contributed by atoms with Gasteiger partial charge in [-0.05, 0) is 29.2 Å². The number of carbonyl (C=O) groups is 1. The number of hydrogen-bond donors (Lipinski definition) is 0. The van der Waals surface area contributed by atoms with E-state index in [0.29, 0.717) is 11.6 Å². The van der Waals surface area contributed by atoms with E-state index in [0.717, 1.165) is 5.56 Å². The van der Waals surface area contributed by atoms with Gasteiger partial charge in [-0.2, -0.15) is 0 Å². The van der Waals surface area contributed by atoms with Crippen LogP contribution in [0.1, 0.15) is 36.7 Å². The van der Waals surface area contributed by atoms with Crippen LogP contribution in [0.5, 0.6) is 11.6 Å². The van der Waals surface area contributed by atoms with Crippen LogP contribution in [0.4, 0.5) is 0 Å². The van der Waals surface area contributed by atoms with Crippen LogP contribution in [0.3, 0.4) is 0 Å². The van der Waals surface area contributed by atoms with Crippen molar-refractivity contribution in [1.82, 2.24) is 4.98 Å². The molecule has 0 aliphatic heterocycles. The van der Waals surface area contributed by atoms with Gasteiger partial charge in [0.1, 0.15) is 10.9 Å². The Kier molecular flexibility index (Phi) is 4.71. The van der Waals surface area contributed by atoms with Crippen molar-refractivity contribution >= 4 is 17.6 Å². The molecule has 0 N–H and O–H groups in total. The quantitative estimate of drug-likeness (QED) is 0.612. The van der Waals surface area contributed by atoms with Crippen molar-refractivity contribution in [3.8, 4) is 11.6 Å². The number of rotatable bonds is 3. The highest BCUT2D eigenvalue weighted by Gasteiger charge is 2.15. The molecule has 0 radical (unpaired) electrons. The Hall–Kier alpha value is -2.07. The van der Waals surface area contributed by atoms with Crippen LogP contribution < -0.4 is 4.74 Å². The molecule has 0 amide bonds. The zero-order valence-corrected chi connectivity index (χ0v) is 13.8. The predicted octanol–water partition coefficient (Wildman–Crippen LogP) is 4.61. The number of nitrogens with zero attached hydrogens (tertiary/aromatic N) is 1. The minimum absolute atomic E-state index is 0.0270. The van der Waals surface area contributed by atoms with Gasteiger partial charge in [-0.15, -0.1) is 0 Å². The van der Waals surface area contributed by atoms with Gasteiger partial charge in [-0.1, -0.05) is 44.5 Å². The second-order valence-electron chi connectivity index (χ2n) is 5.86. The van der Waals surface area contributed by atoms with Crippen LogP contribution in [0.25, 0.3) is 0 Å². The smallest absolute Gasteiger partial charge is 0.341 e. The normalized spacial score (nSPS) is 11.1. The molecule has 1 aromatic heterocycles. The molecule has 22 heavy (non-hydrogen) atoms. The number of methoxy groups -OCH3 is 1. The molecule has 0 bridgehead atoms. The molecule has 2 aromatic rings. The Balaban J connectivity index is 2.25. The fourth-order valence-corrected chi connectivity index (χ4v) is 2.11. The summed E-state index contributed by atoms with van der Waals surface area (Å²) in [6, 6.07) is 10.9. The van der Waals surface area contributed by atoms with Crippen LogP contribution in [-0.2, 0) is 10.2 Å². The summed E-state index contributed by atoms with van der Waals surface area (Å²) in [7, 11) is 1.29. The third-order valence-electron chi connectivity index (χ3n) is 3.15. The van der Waals surface area contributed by atoms with Crippen molar-refractivity contribution in [3.05, 3.63) is 52.7 Å². The molecule has 0 aliphatic carbocycles. The molecule has 5 heteroatoms. The molecule has 1 aromatic carbocycles. The van der Waals surface area contributed by atoms with Gasteiger partial charge in [0.05, 0.1) is 12.7 Å². The van der Waals surface area contributed by atoms with E-state index in [4.69, 9.17) is 16.3 Å². The van der Waals surface area contributed by atoms with E-state index in [1.165, 1.54) is 13.2 Å². The molecule has 0 aliphatic rings. The summed E-state index contributed by atoms with van der Waals surface area (Å²) >= 11 is 5.98. The van der Waals surface area contributed by atoms with Crippen molar-refractivity contribution in [3.63, 3.8) is 0 Å². The van der Waals surface area contributed by atoms with Gasteiger partial charge in [0.2, 0.25) is 5.88 Å². The number of halogens is 1. The van der Waals surface area contributed by atoms with Crippen LogP contribution in [0.2, 0.25) is 5.15 Å². The molecular formula is C17H18ClNO3. The van der Waals surface area contributed by atoms with Crippen molar-refractivity contribution in [2.75, 3.05) is 7.11 Å². The Morgan fingerprint density at radius 3 is 2.50 bits per heavy atom. The van der Waals surface area contributed by atoms with E-state index in [9.17, 15) is 4.79 Å². The zero-order chi connectivity index (χ0) is 16.3. The van der Waals surface area contributed by atoms with Gasteiger partial charge in [0.15, 0.2) is 0 Å². The van der Waals surface area contributed by atoms with Crippen molar-refractivity contribution in [1.29, 1.82) is 0 Å². The van der Waals surface area contributed by atoms with Gasteiger partial charge in [0.25, 0.3) is 0 Å². The minimum atomic E-state index is -0.529. The number of benzene rings is 1. The highest BCUT2D eigenvalue weighted by Crippen LogP contribution is 2.28. The number of hydrogen-bond acceptors (Lipinski definition) is 4. The van der Waals surface area contributed by atoms with Crippen molar-refractivity contribution < 1.29 is 14.3 Å². The summed E-state index contributed by atoms with van der Waals surface area (Å²) in [5, 5.41) is 0.0522. The van der Waals surface area contributed by atoms with Gasteiger partial charge in [0, 0.05) is 6.07 Å². The maximum atomic E-state index is 11.5. The van der Waals surface area contributed by atoms with Gasteiger partial charge < -0.3 is 9.47 Å². The lowest BCUT2D eigenvalue weighted by molar-refractivity contribution is 0.0600. The van der Waals surface area contributed by atoms with Gasteiger partial charge >= 0.3 is 5.97 Å². The number of esters is 1. The summed E-state index contributed by atoms with van der Waals surface area (Å²) in [6.45, 7) is 6.39. The summed E-state index contributed by atoms with van der Waals surface area (Å²) in [5.74, 6) is 0.462. The number of pyridine rings is 1. The second-order valence-corrected chi connectivity index (χ2v) is 6.22. The first-order valence-electron chi connectivity index (χ1n) is 6.84. The average molecular weight is 320 g/mol. The standard InChI is InChI=1S/C17H18ClNO3/c1-17(2,3)11-6-5-7-12(10-11)22-14-9-8-13(15(18)19-14)16(20)21-4/h5-10H,1-4H3. The molecule has 0 atom stereocenters. The molecule has 0 saturated carbocycles. The summed E-state index contributed by atoms with van der Waals surface area (Å²) in [6.07, 6.45) is 0. The van der Waals surface area contributed by atoms with E-state index in [2.05, 4.69) is 30.5 Å². The minimum Gasteiger partial charge on any atom is -0.465 e. The van der Waals surface area contributed by atoms with Crippen LogP contribution >= 0.6 is 11.6 Å². The topological polar surface area (TPSA) is 48.4 Å². The van der Waals surface area contributed by atoms with Crippen LogP contribution in [0, 0.1) is 0 Å². The van der Waals surface area contributed by atoms with Gasteiger partial charge in [-0.25, -0.2) is 9.78 Å². The molecule has 4 nitrogen and oxygen atoms in total. The zero-order valence-electron chi connectivity index (χ0n) is 13.0. The maximum absolute atomic E-state index is 11.5. The molecule has 116 valence electrons. The van der Waals surface area contributed by atoms with E-state index in [1.807, 2.05) is 24.3 Å². The predicted molar refractivity (Wildman–Crippen MR) is 85.8 cm³/mol. The largest absolute Gasteiger partial charge is 0.465 e. The van der Waals surface area contributed by atoms with Crippen molar-refractivity contribution in [2.45, 2.75) is 26.2 Å². The second kappa shape index (κ2) is 6.36. The lowest BCUT2D eigenvalue weighted by Gasteiger charge is -2.19. The van der Waals surface area contributed by atoms with E-state index >= 15 is 0 Å². The summed E-state index contributed by atoms with van der Waals surface area (Å²) in [4.78, 5) is 15.5. The number of ether oxygens (including phenoxy) is 2. The lowest BCUT2D eigenvalue weighted by Crippen LogP contribution is -2.10. The Morgan fingerprint density at radius 1 is 1.18 bits per heavy atom. The van der Waals surface area contributed by atoms with Crippen LogP contribution in [-0.4, -0.2) is 18.1 Å². The Bertz CT molecular complexity index is 693. The fourth-order valence-electron chi connectivity index (χ4n) is 1.88. The third-order valence-corrected chi connectivity index (χ3v) is 3.44. The molecule has 0 fully saturated rings. The highest BCUT2D eigenvalue weighted by molar-refractivity contribution is 6.32. The van der Waals surface area contributed by atoms with E-state index in [1.54, 1.807) is 6.07 Å². The van der Waals surface area contributed by atoms with Crippen molar-refractivity contribution in [2.24, 2.45) is 0 Å². The monoisotopic (exact) mass is 319 g/mol. The maximum Gasteiger partial charge on any atom is 0.341 e. The third kappa shape index (κ3) is 3.77. The Labute approximate surface area is 135 Å². The molecule has 0 saturated heterocycles. The number of carbonyl (C=O) groups excluding carboxylic acids is 1. The first kappa shape index (κ1) is 16.3. The molecule has 0 spiro atoms. The SMILES string of the molecule is COC(=O)c1ccc(Oc2cccc(C(C)(C)C)c2)nc1Cl.